The van der Waals surface area contributed by atoms with Crippen molar-refractivity contribution in [2.75, 3.05) is 30.8 Å². The summed E-state index contributed by atoms with van der Waals surface area (Å²) in [6, 6.07) is 0.314. The Labute approximate surface area is 116 Å². The lowest BCUT2D eigenvalue weighted by molar-refractivity contribution is 0.292. The van der Waals surface area contributed by atoms with E-state index in [1.807, 2.05) is 6.92 Å². The van der Waals surface area contributed by atoms with Gasteiger partial charge in [0, 0.05) is 19.8 Å². The third-order valence-electron chi connectivity index (χ3n) is 2.37. The van der Waals surface area contributed by atoms with Gasteiger partial charge in [-0.1, -0.05) is 12.1 Å². The molecule has 0 aliphatic rings. The highest BCUT2D eigenvalue weighted by atomic mass is 16.5. The van der Waals surface area contributed by atoms with Crippen molar-refractivity contribution in [3.8, 4) is 6.01 Å². The van der Waals surface area contributed by atoms with E-state index in [1.165, 1.54) is 0 Å². The molecule has 2 heterocycles. The van der Waals surface area contributed by atoms with E-state index in [0.29, 0.717) is 37.6 Å². The van der Waals surface area contributed by atoms with Crippen molar-refractivity contribution in [3.63, 3.8) is 0 Å². The molecule has 0 aliphatic carbocycles. The molecule has 0 fully saturated rings. The maximum atomic E-state index is 5.42. The van der Waals surface area contributed by atoms with Crippen molar-refractivity contribution >= 4 is 11.9 Å². The fourth-order valence-corrected chi connectivity index (χ4v) is 1.44. The molecule has 0 saturated heterocycles. The summed E-state index contributed by atoms with van der Waals surface area (Å²) in [4.78, 5) is 12.5. The van der Waals surface area contributed by atoms with Crippen LogP contribution < -0.4 is 15.4 Å². The zero-order valence-corrected chi connectivity index (χ0v) is 11.6. The number of rotatable bonds is 8. The lowest BCUT2D eigenvalue weighted by Crippen LogP contribution is -2.14. The topological polar surface area (TPSA) is 103 Å². The Kier molecular flexibility index (Phi) is 5.04. The Hall–Kier alpha value is -2.45. The van der Waals surface area contributed by atoms with Crippen LogP contribution in [0.25, 0.3) is 0 Å². The fourth-order valence-electron chi connectivity index (χ4n) is 1.44. The molecular formula is C11H18N8O. The fraction of sp³-hybridized carbons (Fsp3) is 0.545. The molecule has 0 saturated carbocycles. The monoisotopic (exact) mass is 278 g/mol. The zero-order valence-electron chi connectivity index (χ0n) is 11.6. The number of hydrogen-bond donors (Lipinski definition) is 2. The second-order valence-electron chi connectivity index (χ2n) is 3.96. The first kappa shape index (κ1) is 14.0. The molecule has 0 unspecified atom stereocenters. The zero-order chi connectivity index (χ0) is 14.2. The quantitative estimate of drug-likeness (QED) is 0.715. The summed E-state index contributed by atoms with van der Waals surface area (Å²) in [7, 11) is 1.75. The van der Waals surface area contributed by atoms with Gasteiger partial charge in [-0.15, -0.1) is 5.10 Å². The molecule has 0 amide bonds. The third-order valence-corrected chi connectivity index (χ3v) is 2.37. The number of hydrogen-bond acceptors (Lipinski definition) is 8. The molecule has 20 heavy (non-hydrogen) atoms. The minimum Gasteiger partial charge on any atom is -0.463 e. The Balaban J connectivity index is 1.94. The summed E-state index contributed by atoms with van der Waals surface area (Å²) in [5.74, 6) is 0.935. The Morgan fingerprint density at radius 2 is 2.10 bits per heavy atom. The summed E-state index contributed by atoms with van der Waals surface area (Å²) in [5.41, 5.74) is 0. The molecule has 0 aliphatic heterocycles. The summed E-state index contributed by atoms with van der Waals surface area (Å²) in [6.07, 6.45) is 4.33. The summed E-state index contributed by atoms with van der Waals surface area (Å²) < 4.78 is 7.14. The van der Waals surface area contributed by atoms with E-state index in [2.05, 4.69) is 35.9 Å². The van der Waals surface area contributed by atoms with Crippen molar-refractivity contribution in [2.24, 2.45) is 0 Å². The van der Waals surface area contributed by atoms with Crippen LogP contribution >= 0.6 is 0 Å². The molecule has 0 spiro atoms. The Morgan fingerprint density at radius 3 is 2.80 bits per heavy atom. The second-order valence-corrected chi connectivity index (χ2v) is 3.96. The van der Waals surface area contributed by atoms with Crippen LogP contribution in [-0.2, 0) is 6.54 Å². The summed E-state index contributed by atoms with van der Waals surface area (Å²) in [5, 5.41) is 13.6. The maximum absolute atomic E-state index is 5.42. The first-order valence-corrected chi connectivity index (χ1v) is 6.46. The van der Waals surface area contributed by atoms with Crippen molar-refractivity contribution in [1.82, 2.24) is 29.9 Å². The molecule has 9 nitrogen and oxygen atoms in total. The third kappa shape index (κ3) is 4.04. The minimum atomic E-state index is 0.314. The van der Waals surface area contributed by atoms with Crippen molar-refractivity contribution in [2.45, 2.75) is 19.9 Å². The first-order chi connectivity index (χ1) is 9.81. The van der Waals surface area contributed by atoms with Crippen LogP contribution in [0.3, 0.4) is 0 Å². The largest absolute Gasteiger partial charge is 0.463 e. The van der Waals surface area contributed by atoms with Crippen molar-refractivity contribution < 1.29 is 4.74 Å². The van der Waals surface area contributed by atoms with E-state index >= 15 is 0 Å². The molecule has 2 rings (SSSR count). The highest BCUT2D eigenvalue weighted by Gasteiger charge is 2.06. The molecule has 0 radical (unpaired) electrons. The second kappa shape index (κ2) is 7.22. The van der Waals surface area contributed by atoms with Crippen molar-refractivity contribution in [1.29, 1.82) is 0 Å². The van der Waals surface area contributed by atoms with Gasteiger partial charge in [-0.05, 0) is 6.42 Å². The molecule has 0 bridgehead atoms. The van der Waals surface area contributed by atoms with E-state index in [4.69, 9.17) is 4.74 Å². The normalized spacial score (nSPS) is 10.3. The van der Waals surface area contributed by atoms with E-state index < -0.39 is 0 Å². The van der Waals surface area contributed by atoms with Gasteiger partial charge < -0.3 is 15.4 Å². The number of aromatic nitrogens is 6. The highest BCUT2D eigenvalue weighted by Crippen LogP contribution is 2.10. The van der Waals surface area contributed by atoms with E-state index in [0.717, 1.165) is 6.42 Å². The number of nitrogens with zero attached hydrogens (tertiary/aromatic N) is 6. The molecular weight excluding hydrogens is 260 g/mol. The van der Waals surface area contributed by atoms with Gasteiger partial charge in [0.15, 0.2) is 0 Å². The lowest BCUT2D eigenvalue weighted by atomic mass is 10.5. The first-order valence-electron chi connectivity index (χ1n) is 6.46. The van der Waals surface area contributed by atoms with Crippen LogP contribution in [0.2, 0.25) is 0 Å². The van der Waals surface area contributed by atoms with Gasteiger partial charge >= 0.3 is 6.01 Å². The van der Waals surface area contributed by atoms with Crippen LogP contribution in [0.4, 0.5) is 11.9 Å². The van der Waals surface area contributed by atoms with Gasteiger partial charge in [0.1, 0.15) is 0 Å². The highest BCUT2D eigenvalue weighted by molar-refractivity contribution is 5.35. The van der Waals surface area contributed by atoms with E-state index in [-0.39, 0.29) is 0 Å². The SMILES string of the molecule is CCCOc1nc(NC)nc(NCCn2ccnn2)n1. The van der Waals surface area contributed by atoms with Crippen LogP contribution in [0.1, 0.15) is 13.3 Å². The smallest absolute Gasteiger partial charge is 0.323 e. The van der Waals surface area contributed by atoms with Gasteiger partial charge in [0.25, 0.3) is 0 Å². The Morgan fingerprint density at radius 1 is 1.25 bits per heavy atom. The van der Waals surface area contributed by atoms with Gasteiger partial charge in [0.05, 0.1) is 19.3 Å². The van der Waals surface area contributed by atoms with Gasteiger partial charge in [0.2, 0.25) is 11.9 Å². The predicted molar refractivity (Wildman–Crippen MR) is 73.7 cm³/mol. The summed E-state index contributed by atoms with van der Waals surface area (Å²) in [6.45, 7) is 3.90. The molecule has 0 aromatic carbocycles. The molecule has 9 heteroatoms. The number of nitrogens with one attached hydrogen (secondary N) is 2. The van der Waals surface area contributed by atoms with Crippen molar-refractivity contribution in [3.05, 3.63) is 12.4 Å². The maximum Gasteiger partial charge on any atom is 0.323 e. The van der Waals surface area contributed by atoms with Gasteiger partial charge in [-0.2, -0.15) is 15.0 Å². The average Bonchev–Trinajstić information content (AvgIpc) is 2.98. The predicted octanol–water partition coefficient (Wildman–Crippen LogP) is 0.406. The van der Waals surface area contributed by atoms with Crippen LogP contribution in [0.15, 0.2) is 12.4 Å². The lowest BCUT2D eigenvalue weighted by Gasteiger charge is -2.08. The number of ether oxygens (including phenoxy) is 1. The molecule has 2 aromatic heterocycles. The van der Waals surface area contributed by atoms with Crippen LogP contribution in [0.5, 0.6) is 6.01 Å². The standard InChI is InChI=1S/C11H18N8O/c1-3-8-20-11-16-9(12-2)15-10(17-11)13-4-6-19-7-5-14-18-19/h5,7H,3-4,6,8H2,1-2H3,(H2,12,13,15,16,17). The van der Waals surface area contributed by atoms with E-state index in [1.54, 1.807) is 24.1 Å². The Bertz CT molecular complexity index is 515. The average molecular weight is 278 g/mol. The summed E-state index contributed by atoms with van der Waals surface area (Å²) >= 11 is 0. The van der Waals surface area contributed by atoms with Crippen LogP contribution in [0, 0.1) is 0 Å². The molecule has 0 atom stereocenters. The molecule has 2 aromatic rings. The minimum absolute atomic E-state index is 0.314. The van der Waals surface area contributed by atoms with E-state index in [9.17, 15) is 0 Å². The number of anilines is 2. The van der Waals surface area contributed by atoms with Gasteiger partial charge in [-0.3, -0.25) is 4.68 Å². The molecule has 108 valence electrons. The van der Waals surface area contributed by atoms with Gasteiger partial charge in [-0.25, -0.2) is 0 Å². The molecule has 2 N–H and O–H groups in total. The van der Waals surface area contributed by atoms with Crippen LogP contribution in [-0.4, -0.2) is 50.1 Å².